The molecule has 9 heavy (non-hydrogen) atoms. The molecule has 0 amide bonds. The topological polar surface area (TPSA) is 38.4 Å². The van der Waals surface area contributed by atoms with E-state index in [1.807, 2.05) is 19.9 Å². The highest BCUT2D eigenvalue weighted by Crippen LogP contribution is 1.86. The minimum atomic E-state index is 0.494. The number of hydrogen-bond acceptors (Lipinski definition) is 1. The lowest BCUT2D eigenvalue weighted by atomic mass is 10.3. The monoisotopic (exact) mass is 124 g/mol. The molecular formula is C7H12N2. The van der Waals surface area contributed by atoms with Gasteiger partial charge in [0.2, 0.25) is 0 Å². The van der Waals surface area contributed by atoms with Gasteiger partial charge in [-0.1, -0.05) is 12.7 Å². The highest BCUT2D eigenvalue weighted by atomic mass is 14.8. The average molecular weight is 124 g/mol. The highest BCUT2D eigenvalue weighted by Gasteiger charge is 1.86. The zero-order valence-corrected chi connectivity index (χ0v) is 5.89. The van der Waals surface area contributed by atoms with E-state index in [0.717, 1.165) is 5.57 Å². The fraction of sp³-hybridized carbons (Fsp3) is 0.286. The van der Waals surface area contributed by atoms with Crippen molar-refractivity contribution in [3.05, 3.63) is 24.4 Å². The Kier molecular flexibility index (Phi) is 3.44. The summed E-state index contributed by atoms with van der Waals surface area (Å²) in [6.07, 6.45) is 3.46. The van der Waals surface area contributed by atoms with Crippen LogP contribution in [0.4, 0.5) is 0 Å². The van der Waals surface area contributed by atoms with Gasteiger partial charge >= 0.3 is 0 Å². The zero-order valence-electron chi connectivity index (χ0n) is 5.89. The van der Waals surface area contributed by atoms with Crippen LogP contribution in [0, 0.1) is 0 Å². The predicted octanol–water partition coefficient (Wildman–Crippen LogP) is 1.45. The molecule has 0 heterocycles. The van der Waals surface area contributed by atoms with Crippen molar-refractivity contribution in [2.75, 3.05) is 0 Å². The van der Waals surface area contributed by atoms with Crippen LogP contribution in [0.5, 0.6) is 0 Å². The quantitative estimate of drug-likeness (QED) is 0.439. The Morgan fingerprint density at radius 3 is 2.56 bits per heavy atom. The van der Waals surface area contributed by atoms with Crippen LogP contribution < -0.4 is 5.73 Å². The second-order valence-corrected chi connectivity index (χ2v) is 1.78. The van der Waals surface area contributed by atoms with Crippen LogP contribution in [0.1, 0.15) is 13.8 Å². The Bertz CT molecular complexity index is 154. The average Bonchev–Trinajstić information content (AvgIpc) is 1.82. The first-order chi connectivity index (χ1) is 4.18. The number of nitrogens with two attached hydrogens (primary N) is 1. The normalized spacial score (nSPS) is 12.4. The van der Waals surface area contributed by atoms with Gasteiger partial charge in [-0.2, -0.15) is 0 Å². The van der Waals surface area contributed by atoms with E-state index in [-0.39, 0.29) is 0 Å². The minimum absolute atomic E-state index is 0.494. The van der Waals surface area contributed by atoms with Crippen molar-refractivity contribution in [3.8, 4) is 0 Å². The van der Waals surface area contributed by atoms with E-state index in [1.165, 1.54) is 0 Å². The van der Waals surface area contributed by atoms with Gasteiger partial charge in [0, 0.05) is 6.20 Å². The third-order valence-corrected chi connectivity index (χ3v) is 0.800. The van der Waals surface area contributed by atoms with Crippen molar-refractivity contribution in [3.63, 3.8) is 0 Å². The number of hydrogen-bond donors (Lipinski definition) is 1. The van der Waals surface area contributed by atoms with Gasteiger partial charge in [0.1, 0.15) is 5.84 Å². The summed E-state index contributed by atoms with van der Waals surface area (Å²) < 4.78 is 0. The van der Waals surface area contributed by atoms with Gasteiger partial charge in [0.25, 0.3) is 0 Å². The summed E-state index contributed by atoms with van der Waals surface area (Å²) >= 11 is 0. The van der Waals surface area contributed by atoms with Crippen molar-refractivity contribution >= 4 is 5.84 Å². The predicted molar refractivity (Wildman–Crippen MR) is 41.3 cm³/mol. The molecule has 50 valence electrons. The van der Waals surface area contributed by atoms with E-state index in [0.29, 0.717) is 5.84 Å². The molecule has 0 aromatic carbocycles. The first-order valence-corrected chi connectivity index (χ1v) is 2.78. The molecular weight excluding hydrogens is 112 g/mol. The van der Waals surface area contributed by atoms with Gasteiger partial charge in [-0.25, -0.2) is 4.99 Å². The summed E-state index contributed by atoms with van der Waals surface area (Å²) in [6.45, 7) is 7.32. The van der Waals surface area contributed by atoms with Crippen molar-refractivity contribution < 1.29 is 0 Å². The summed E-state index contributed by atoms with van der Waals surface area (Å²) in [5, 5.41) is 0. The molecule has 0 fully saturated rings. The van der Waals surface area contributed by atoms with Crippen LogP contribution in [0.2, 0.25) is 0 Å². The Labute approximate surface area is 55.8 Å². The standard InChI is InChI=1S/C7H12N2/c1-4-5-9-7(8)6(2)3/h4-5H,2H2,1,3H3,(H2,8,9)/b5-4-. The molecule has 0 atom stereocenters. The molecule has 0 rings (SSSR count). The van der Waals surface area contributed by atoms with Crippen molar-refractivity contribution in [2.24, 2.45) is 10.7 Å². The minimum Gasteiger partial charge on any atom is -0.384 e. The smallest absolute Gasteiger partial charge is 0.125 e. The van der Waals surface area contributed by atoms with Crippen molar-refractivity contribution in [1.82, 2.24) is 0 Å². The van der Waals surface area contributed by atoms with E-state index >= 15 is 0 Å². The van der Waals surface area contributed by atoms with Crippen LogP contribution in [0.25, 0.3) is 0 Å². The molecule has 0 aromatic rings. The third-order valence-electron chi connectivity index (χ3n) is 0.800. The third kappa shape index (κ3) is 3.53. The molecule has 0 aliphatic carbocycles. The summed E-state index contributed by atoms with van der Waals surface area (Å²) in [4.78, 5) is 3.86. The summed E-state index contributed by atoms with van der Waals surface area (Å²) in [5.74, 6) is 0.494. The van der Waals surface area contributed by atoms with Gasteiger partial charge < -0.3 is 5.73 Å². The second kappa shape index (κ2) is 3.89. The van der Waals surface area contributed by atoms with Gasteiger partial charge in [-0.15, -0.1) is 0 Å². The molecule has 0 aliphatic rings. The molecule has 0 aliphatic heterocycles. The molecule has 2 N–H and O–H groups in total. The first kappa shape index (κ1) is 7.95. The highest BCUT2D eigenvalue weighted by molar-refractivity contribution is 5.96. The Hall–Kier alpha value is -1.05. The van der Waals surface area contributed by atoms with Crippen molar-refractivity contribution in [2.45, 2.75) is 13.8 Å². The molecule has 0 aromatic heterocycles. The van der Waals surface area contributed by atoms with E-state index in [4.69, 9.17) is 5.73 Å². The van der Waals surface area contributed by atoms with Gasteiger partial charge in [-0.3, -0.25) is 0 Å². The maximum Gasteiger partial charge on any atom is 0.125 e. The maximum atomic E-state index is 5.40. The van der Waals surface area contributed by atoms with Crippen molar-refractivity contribution in [1.29, 1.82) is 0 Å². The summed E-state index contributed by atoms with van der Waals surface area (Å²) in [6, 6.07) is 0. The summed E-state index contributed by atoms with van der Waals surface area (Å²) in [7, 11) is 0. The van der Waals surface area contributed by atoms with Gasteiger partial charge in [0.15, 0.2) is 0 Å². The van der Waals surface area contributed by atoms with Crippen LogP contribution in [-0.2, 0) is 0 Å². The maximum absolute atomic E-state index is 5.40. The SMILES string of the molecule is C=C(C)C(N)=N/C=C\C. The number of rotatable bonds is 2. The molecule has 0 unspecified atom stereocenters. The van der Waals surface area contributed by atoms with Crippen LogP contribution in [0.15, 0.2) is 29.4 Å². The zero-order chi connectivity index (χ0) is 7.28. The van der Waals surface area contributed by atoms with Crippen LogP contribution in [-0.4, -0.2) is 5.84 Å². The number of amidine groups is 1. The Morgan fingerprint density at radius 1 is 1.67 bits per heavy atom. The molecule has 0 saturated carbocycles. The Morgan fingerprint density at radius 2 is 2.22 bits per heavy atom. The van der Waals surface area contributed by atoms with E-state index in [1.54, 1.807) is 6.20 Å². The van der Waals surface area contributed by atoms with Gasteiger partial charge in [0.05, 0.1) is 0 Å². The molecule has 0 spiro atoms. The molecule has 2 heteroatoms. The second-order valence-electron chi connectivity index (χ2n) is 1.78. The number of allylic oxidation sites excluding steroid dienone is 1. The largest absolute Gasteiger partial charge is 0.384 e. The lowest BCUT2D eigenvalue weighted by molar-refractivity contribution is 1.43. The van der Waals surface area contributed by atoms with Crippen LogP contribution >= 0.6 is 0 Å². The molecule has 0 saturated heterocycles. The molecule has 0 bridgehead atoms. The van der Waals surface area contributed by atoms with E-state index in [9.17, 15) is 0 Å². The van der Waals surface area contributed by atoms with Gasteiger partial charge in [-0.05, 0) is 19.4 Å². The Balaban J connectivity index is 4.00. The first-order valence-electron chi connectivity index (χ1n) is 2.78. The number of aliphatic imine (C=N–C) groups is 1. The molecule has 0 radical (unpaired) electrons. The fourth-order valence-corrected chi connectivity index (χ4v) is 0.265. The summed E-state index contributed by atoms with van der Waals surface area (Å²) in [5.41, 5.74) is 6.20. The van der Waals surface area contributed by atoms with Crippen LogP contribution in [0.3, 0.4) is 0 Å². The lowest BCUT2D eigenvalue weighted by Gasteiger charge is -1.92. The molecule has 2 nitrogen and oxygen atoms in total. The number of nitrogens with zero attached hydrogens (tertiary/aromatic N) is 1. The van der Waals surface area contributed by atoms with E-state index in [2.05, 4.69) is 11.6 Å². The fourth-order valence-electron chi connectivity index (χ4n) is 0.265. The van der Waals surface area contributed by atoms with E-state index < -0.39 is 0 Å². The lowest BCUT2D eigenvalue weighted by Crippen LogP contribution is -2.10.